The van der Waals surface area contributed by atoms with Gasteiger partial charge in [0.1, 0.15) is 5.75 Å². The summed E-state index contributed by atoms with van der Waals surface area (Å²) in [7, 11) is -3.74. The number of benzene rings is 2. The molecule has 0 bridgehead atoms. The number of piperidine rings is 1. The average molecular weight is 499 g/mol. The smallest absolute Gasteiger partial charge is 0.265 e. The number of carbonyl (C=O) groups is 2. The van der Waals surface area contributed by atoms with Gasteiger partial charge in [0.15, 0.2) is 6.10 Å². The van der Waals surface area contributed by atoms with Crippen molar-refractivity contribution in [3.05, 3.63) is 48.5 Å². The van der Waals surface area contributed by atoms with Crippen molar-refractivity contribution in [3.8, 4) is 5.75 Å². The van der Waals surface area contributed by atoms with Crippen molar-refractivity contribution in [1.29, 1.82) is 0 Å². The number of nitrogens with one attached hydrogen (secondary N) is 1. The van der Waals surface area contributed by atoms with Crippen LogP contribution in [0.5, 0.6) is 5.75 Å². The van der Waals surface area contributed by atoms with E-state index in [2.05, 4.69) is 22.3 Å². The highest BCUT2D eigenvalue weighted by atomic mass is 32.2. The molecule has 186 valence electrons. The van der Waals surface area contributed by atoms with E-state index in [9.17, 15) is 18.0 Å². The third kappa shape index (κ3) is 4.72. The minimum atomic E-state index is -3.74. The van der Waals surface area contributed by atoms with E-state index in [1.165, 1.54) is 22.1 Å². The van der Waals surface area contributed by atoms with Gasteiger partial charge in [-0.2, -0.15) is 4.31 Å². The lowest BCUT2D eigenvalue weighted by molar-refractivity contribution is -0.137. The predicted octanol–water partition coefficient (Wildman–Crippen LogP) is 2.16. The summed E-state index contributed by atoms with van der Waals surface area (Å²) in [4.78, 5) is 29.3. The highest BCUT2D eigenvalue weighted by Gasteiger charge is 2.35. The Labute approximate surface area is 205 Å². The van der Waals surface area contributed by atoms with Crippen LogP contribution in [0.25, 0.3) is 0 Å². The summed E-state index contributed by atoms with van der Waals surface area (Å²) in [5.74, 6) is 0.101. The molecule has 3 aliphatic heterocycles. The van der Waals surface area contributed by atoms with E-state index >= 15 is 0 Å². The van der Waals surface area contributed by atoms with Gasteiger partial charge in [-0.15, -0.1) is 0 Å². The third-order valence-electron chi connectivity index (χ3n) is 7.04. The van der Waals surface area contributed by atoms with E-state index in [0.29, 0.717) is 50.5 Å². The molecule has 35 heavy (non-hydrogen) atoms. The Bertz CT molecular complexity index is 1200. The lowest BCUT2D eigenvalue weighted by Crippen LogP contribution is -2.52. The maximum atomic E-state index is 13.2. The second kappa shape index (κ2) is 9.50. The van der Waals surface area contributed by atoms with Crippen LogP contribution in [-0.2, 0) is 19.6 Å². The number of para-hydroxylation sites is 1. The van der Waals surface area contributed by atoms with E-state index < -0.39 is 16.1 Å². The molecule has 2 saturated heterocycles. The molecule has 3 aliphatic rings. The van der Waals surface area contributed by atoms with Crippen LogP contribution in [-0.4, -0.2) is 74.8 Å². The Hall–Kier alpha value is -3.11. The van der Waals surface area contributed by atoms with Crippen LogP contribution in [0, 0.1) is 5.92 Å². The first-order chi connectivity index (χ1) is 16.8. The van der Waals surface area contributed by atoms with Gasteiger partial charge < -0.3 is 19.9 Å². The Kier molecular flexibility index (Phi) is 6.41. The lowest BCUT2D eigenvalue weighted by Gasteiger charge is -2.39. The normalized spacial score (nSPS) is 21.7. The molecule has 2 amide bonds. The summed E-state index contributed by atoms with van der Waals surface area (Å²) in [6, 6.07) is 14.7. The van der Waals surface area contributed by atoms with Crippen LogP contribution in [0.4, 0.5) is 11.4 Å². The maximum Gasteiger partial charge on any atom is 0.265 e. The molecule has 0 aromatic heterocycles. The number of piperazine rings is 1. The van der Waals surface area contributed by atoms with Crippen molar-refractivity contribution in [2.75, 3.05) is 49.5 Å². The number of amides is 2. The zero-order chi connectivity index (χ0) is 24.6. The van der Waals surface area contributed by atoms with Gasteiger partial charge >= 0.3 is 0 Å². The van der Waals surface area contributed by atoms with E-state index in [4.69, 9.17) is 4.74 Å². The number of anilines is 2. The molecule has 2 aromatic rings. The molecule has 0 aliphatic carbocycles. The van der Waals surface area contributed by atoms with Gasteiger partial charge in [-0.3, -0.25) is 9.59 Å². The van der Waals surface area contributed by atoms with Gasteiger partial charge in [0.2, 0.25) is 15.9 Å². The van der Waals surface area contributed by atoms with Crippen molar-refractivity contribution in [3.63, 3.8) is 0 Å². The fourth-order valence-electron chi connectivity index (χ4n) is 4.92. The van der Waals surface area contributed by atoms with Crippen molar-refractivity contribution in [2.45, 2.75) is 30.8 Å². The zero-order valence-electron chi connectivity index (χ0n) is 19.7. The largest absolute Gasteiger partial charge is 0.479 e. The first-order valence-corrected chi connectivity index (χ1v) is 13.5. The second-order valence-electron chi connectivity index (χ2n) is 9.23. The highest BCUT2D eigenvalue weighted by molar-refractivity contribution is 7.89. The summed E-state index contributed by atoms with van der Waals surface area (Å²) < 4.78 is 33.4. The molecule has 0 spiro atoms. The van der Waals surface area contributed by atoms with Gasteiger partial charge in [0.05, 0.1) is 10.6 Å². The molecule has 0 radical (unpaired) electrons. The zero-order valence-corrected chi connectivity index (χ0v) is 20.5. The van der Waals surface area contributed by atoms with Gasteiger partial charge in [-0.05, 0) is 50.1 Å². The molecule has 0 unspecified atom stereocenters. The molecular weight excluding hydrogens is 468 g/mol. The number of sulfonamides is 1. The fraction of sp³-hybridized carbons (Fsp3) is 0.440. The van der Waals surface area contributed by atoms with E-state index in [0.717, 1.165) is 13.1 Å². The summed E-state index contributed by atoms with van der Waals surface area (Å²) in [6.45, 7) is 5.15. The van der Waals surface area contributed by atoms with Crippen LogP contribution in [0.15, 0.2) is 53.4 Å². The van der Waals surface area contributed by atoms with Crippen LogP contribution in [0.3, 0.4) is 0 Å². The van der Waals surface area contributed by atoms with Crippen LogP contribution in [0.2, 0.25) is 0 Å². The van der Waals surface area contributed by atoms with Crippen LogP contribution >= 0.6 is 0 Å². The van der Waals surface area contributed by atoms with Crippen molar-refractivity contribution < 1.29 is 22.7 Å². The van der Waals surface area contributed by atoms with Crippen molar-refractivity contribution in [2.24, 2.45) is 5.92 Å². The fourth-order valence-corrected chi connectivity index (χ4v) is 6.42. The Balaban J connectivity index is 1.18. The van der Waals surface area contributed by atoms with Gasteiger partial charge in [-0.25, -0.2) is 8.42 Å². The number of nitrogens with zero attached hydrogens (tertiary/aromatic N) is 3. The molecule has 1 N–H and O–H groups in total. The van der Waals surface area contributed by atoms with Gasteiger partial charge in [-0.1, -0.05) is 18.2 Å². The molecule has 1 atom stereocenters. The first-order valence-electron chi connectivity index (χ1n) is 12.0. The number of fused-ring (bicyclic) bond motifs is 1. The number of ether oxygens (including phenoxy) is 1. The average Bonchev–Trinajstić information content (AvgIpc) is 2.89. The summed E-state index contributed by atoms with van der Waals surface area (Å²) in [5, 5.41) is 2.70. The Morgan fingerprint density at radius 1 is 0.971 bits per heavy atom. The monoisotopic (exact) mass is 498 g/mol. The van der Waals surface area contributed by atoms with Crippen molar-refractivity contribution >= 4 is 33.2 Å². The van der Waals surface area contributed by atoms with Gasteiger partial charge in [0.25, 0.3) is 5.91 Å². The van der Waals surface area contributed by atoms with E-state index in [1.54, 1.807) is 13.0 Å². The lowest BCUT2D eigenvalue weighted by atomic mass is 9.96. The van der Waals surface area contributed by atoms with Crippen LogP contribution in [0.1, 0.15) is 19.8 Å². The van der Waals surface area contributed by atoms with Crippen molar-refractivity contribution in [1.82, 2.24) is 9.21 Å². The summed E-state index contributed by atoms with van der Waals surface area (Å²) >= 11 is 0. The highest BCUT2D eigenvalue weighted by Crippen LogP contribution is 2.34. The predicted molar refractivity (Wildman–Crippen MR) is 132 cm³/mol. The minimum Gasteiger partial charge on any atom is -0.479 e. The number of hydrogen-bond acceptors (Lipinski definition) is 6. The molecule has 0 saturated carbocycles. The molecule has 9 nitrogen and oxygen atoms in total. The number of carbonyl (C=O) groups excluding carboxylic acids is 2. The molecule has 2 fully saturated rings. The molecular formula is C25H30N4O5S. The quantitative estimate of drug-likeness (QED) is 0.694. The standard InChI is InChI=1S/C25H30N4O5S/c1-18-24(30)26-22-17-21(7-8-23(22)34-18)35(32,33)29-11-9-19(10-12-29)25(31)28-15-13-27(14-16-28)20-5-3-2-4-6-20/h2-8,17-19H,9-16H2,1H3,(H,26,30)/t18-/m0/s1. The summed E-state index contributed by atoms with van der Waals surface area (Å²) in [5.41, 5.74) is 1.52. The maximum absolute atomic E-state index is 13.2. The molecule has 5 rings (SSSR count). The third-order valence-corrected chi connectivity index (χ3v) is 8.93. The number of hydrogen-bond donors (Lipinski definition) is 1. The molecule has 3 heterocycles. The van der Waals surface area contributed by atoms with E-state index in [-0.39, 0.29) is 22.6 Å². The first kappa shape index (κ1) is 23.6. The minimum absolute atomic E-state index is 0.108. The molecule has 10 heteroatoms. The Morgan fingerprint density at radius 3 is 2.34 bits per heavy atom. The second-order valence-corrected chi connectivity index (χ2v) is 11.2. The van der Waals surface area contributed by atoms with Crippen LogP contribution < -0.4 is 15.0 Å². The molecule has 2 aromatic carbocycles. The summed E-state index contributed by atoms with van der Waals surface area (Å²) in [6.07, 6.45) is 0.376. The SMILES string of the molecule is C[C@@H]1Oc2ccc(S(=O)(=O)N3CCC(C(=O)N4CCN(c5ccccc5)CC4)CC3)cc2NC1=O. The number of rotatable bonds is 4. The topological polar surface area (TPSA) is 99.3 Å². The van der Waals surface area contributed by atoms with Gasteiger partial charge in [0, 0.05) is 50.9 Å². The Morgan fingerprint density at radius 2 is 1.66 bits per heavy atom. The van der Waals surface area contributed by atoms with E-state index in [1.807, 2.05) is 23.1 Å².